The van der Waals surface area contributed by atoms with E-state index in [1.165, 1.54) is 4.90 Å². The number of carbonyl (C=O) groups is 1. The zero-order valence-corrected chi connectivity index (χ0v) is 12.6. The van der Waals surface area contributed by atoms with Gasteiger partial charge < -0.3 is 10.0 Å². The number of alkyl halides is 3. The van der Waals surface area contributed by atoms with E-state index < -0.39 is 11.9 Å². The molecule has 1 N–H and O–H groups in total. The van der Waals surface area contributed by atoms with Crippen molar-refractivity contribution >= 4 is 5.91 Å². The summed E-state index contributed by atoms with van der Waals surface area (Å²) in [6.45, 7) is -0.382. The highest BCUT2D eigenvalue weighted by Crippen LogP contribution is 2.31. The zero-order valence-electron chi connectivity index (χ0n) is 12.6. The second kappa shape index (κ2) is 6.41. The molecule has 2 rings (SSSR count). The van der Waals surface area contributed by atoms with E-state index in [0.29, 0.717) is 11.1 Å². The maximum Gasteiger partial charge on any atom is 0.435 e. The highest BCUT2D eigenvalue weighted by molar-refractivity contribution is 5.94. The fourth-order valence-electron chi connectivity index (χ4n) is 2.09. The molecule has 1 aromatic heterocycles. The Balaban J connectivity index is 2.41. The maximum atomic E-state index is 12.8. The standard InChI is InChI=1S/C15H16F3N3O2/c1-20(2)14(23)11-5-3-10(4-6-11)12-9-13(15(16,17)18)19-21(12)7-8-22/h3-6,9,22H,7-8H2,1-2H3. The molecule has 23 heavy (non-hydrogen) atoms. The second-order valence-corrected chi connectivity index (χ2v) is 5.14. The summed E-state index contributed by atoms with van der Waals surface area (Å²) in [7, 11) is 3.23. The third-order valence-corrected chi connectivity index (χ3v) is 3.22. The molecule has 0 radical (unpaired) electrons. The van der Waals surface area contributed by atoms with Crippen LogP contribution in [0.1, 0.15) is 16.1 Å². The van der Waals surface area contributed by atoms with E-state index in [2.05, 4.69) is 5.10 Å². The van der Waals surface area contributed by atoms with Gasteiger partial charge in [-0.15, -0.1) is 0 Å². The monoisotopic (exact) mass is 327 g/mol. The van der Waals surface area contributed by atoms with Gasteiger partial charge in [-0.1, -0.05) is 12.1 Å². The zero-order chi connectivity index (χ0) is 17.2. The molecule has 1 amide bonds. The van der Waals surface area contributed by atoms with Gasteiger partial charge in [-0.25, -0.2) is 0 Å². The van der Waals surface area contributed by atoms with Crippen molar-refractivity contribution < 1.29 is 23.1 Å². The molecule has 0 aliphatic heterocycles. The van der Waals surface area contributed by atoms with Crippen molar-refractivity contribution in [3.05, 3.63) is 41.6 Å². The lowest BCUT2D eigenvalue weighted by Gasteiger charge is -2.11. The average Bonchev–Trinajstić information content (AvgIpc) is 2.91. The second-order valence-electron chi connectivity index (χ2n) is 5.14. The molecule has 0 bridgehead atoms. The summed E-state index contributed by atoms with van der Waals surface area (Å²) in [4.78, 5) is 13.2. The molecular weight excluding hydrogens is 311 g/mol. The van der Waals surface area contributed by atoms with Gasteiger partial charge in [0.15, 0.2) is 5.69 Å². The van der Waals surface area contributed by atoms with E-state index in [0.717, 1.165) is 10.7 Å². The van der Waals surface area contributed by atoms with Crippen molar-refractivity contribution in [2.45, 2.75) is 12.7 Å². The Morgan fingerprint density at radius 1 is 1.26 bits per heavy atom. The largest absolute Gasteiger partial charge is 0.435 e. The fraction of sp³-hybridized carbons (Fsp3) is 0.333. The van der Waals surface area contributed by atoms with Gasteiger partial charge in [-0.2, -0.15) is 18.3 Å². The summed E-state index contributed by atoms with van der Waals surface area (Å²) in [5.74, 6) is -0.198. The lowest BCUT2D eigenvalue weighted by atomic mass is 10.1. The lowest BCUT2D eigenvalue weighted by molar-refractivity contribution is -0.141. The van der Waals surface area contributed by atoms with E-state index in [9.17, 15) is 18.0 Å². The van der Waals surface area contributed by atoms with E-state index in [-0.39, 0.29) is 24.8 Å². The van der Waals surface area contributed by atoms with E-state index in [1.807, 2.05) is 0 Å². The van der Waals surface area contributed by atoms with Crippen LogP contribution in [-0.4, -0.2) is 46.4 Å². The maximum absolute atomic E-state index is 12.8. The van der Waals surface area contributed by atoms with Crippen molar-refractivity contribution in [1.29, 1.82) is 0 Å². The van der Waals surface area contributed by atoms with Crippen LogP contribution in [-0.2, 0) is 12.7 Å². The molecule has 0 spiro atoms. The van der Waals surface area contributed by atoms with Crippen LogP contribution in [0.3, 0.4) is 0 Å². The molecule has 0 saturated carbocycles. The van der Waals surface area contributed by atoms with Gasteiger partial charge in [-0.3, -0.25) is 9.48 Å². The molecule has 5 nitrogen and oxygen atoms in total. The Hall–Kier alpha value is -2.35. The number of aliphatic hydroxyl groups is 1. The molecule has 8 heteroatoms. The highest BCUT2D eigenvalue weighted by atomic mass is 19.4. The van der Waals surface area contributed by atoms with Crippen LogP contribution in [0.25, 0.3) is 11.3 Å². The summed E-state index contributed by atoms with van der Waals surface area (Å²) in [5.41, 5.74) is 0.129. The first kappa shape index (κ1) is 17.0. The van der Waals surface area contributed by atoms with Crippen molar-refractivity contribution in [3.63, 3.8) is 0 Å². The van der Waals surface area contributed by atoms with Crippen LogP contribution in [0.5, 0.6) is 0 Å². The lowest BCUT2D eigenvalue weighted by Crippen LogP contribution is -2.21. The topological polar surface area (TPSA) is 58.4 Å². The summed E-state index contributed by atoms with van der Waals surface area (Å²) >= 11 is 0. The first-order chi connectivity index (χ1) is 10.7. The average molecular weight is 327 g/mol. The minimum absolute atomic E-state index is 0.0518. The Morgan fingerprint density at radius 3 is 2.35 bits per heavy atom. The molecule has 0 aliphatic carbocycles. The predicted octanol–water partition coefficient (Wildman–Crippen LogP) is 2.26. The molecule has 0 fully saturated rings. The summed E-state index contributed by atoms with van der Waals surface area (Å²) in [6.07, 6.45) is -4.56. The van der Waals surface area contributed by atoms with Gasteiger partial charge in [-0.05, 0) is 23.8 Å². The third-order valence-electron chi connectivity index (χ3n) is 3.22. The number of halogens is 3. The van der Waals surface area contributed by atoms with Gasteiger partial charge in [0.1, 0.15) is 0 Å². The van der Waals surface area contributed by atoms with Crippen LogP contribution in [0.2, 0.25) is 0 Å². The smallest absolute Gasteiger partial charge is 0.394 e. The number of amides is 1. The predicted molar refractivity (Wildman–Crippen MR) is 77.8 cm³/mol. The number of aliphatic hydroxyl groups excluding tert-OH is 1. The number of aromatic nitrogens is 2. The highest BCUT2D eigenvalue weighted by Gasteiger charge is 2.35. The Kier molecular flexibility index (Phi) is 4.74. The van der Waals surface area contributed by atoms with E-state index >= 15 is 0 Å². The molecule has 124 valence electrons. The summed E-state index contributed by atoms with van der Waals surface area (Å²) < 4.78 is 39.5. The van der Waals surface area contributed by atoms with Crippen molar-refractivity contribution in [1.82, 2.24) is 14.7 Å². The number of rotatable bonds is 4. The molecule has 0 saturated heterocycles. The third kappa shape index (κ3) is 3.70. The summed E-state index contributed by atoms with van der Waals surface area (Å²) in [5, 5.41) is 12.5. The van der Waals surface area contributed by atoms with Crippen LogP contribution in [0.4, 0.5) is 13.2 Å². The van der Waals surface area contributed by atoms with E-state index in [4.69, 9.17) is 5.11 Å². The van der Waals surface area contributed by atoms with E-state index in [1.54, 1.807) is 38.4 Å². The van der Waals surface area contributed by atoms with Crippen molar-refractivity contribution in [3.8, 4) is 11.3 Å². The van der Waals surface area contributed by atoms with Gasteiger partial charge >= 0.3 is 6.18 Å². The molecular formula is C15H16F3N3O2. The Bertz CT molecular complexity index is 691. The van der Waals surface area contributed by atoms with Gasteiger partial charge in [0.2, 0.25) is 0 Å². The van der Waals surface area contributed by atoms with Crippen LogP contribution < -0.4 is 0 Å². The van der Waals surface area contributed by atoms with Crippen molar-refractivity contribution in [2.75, 3.05) is 20.7 Å². The first-order valence-electron chi connectivity index (χ1n) is 6.82. The quantitative estimate of drug-likeness (QED) is 0.937. The number of nitrogens with zero attached hydrogens (tertiary/aromatic N) is 3. The molecule has 0 atom stereocenters. The van der Waals surface area contributed by atoms with Crippen LogP contribution in [0.15, 0.2) is 30.3 Å². The van der Waals surface area contributed by atoms with Gasteiger partial charge in [0.05, 0.1) is 18.8 Å². The Labute approximate surface area is 130 Å². The number of benzene rings is 1. The number of carbonyl (C=O) groups excluding carboxylic acids is 1. The summed E-state index contributed by atoms with van der Waals surface area (Å²) in [6, 6.07) is 7.13. The van der Waals surface area contributed by atoms with Crippen molar-refractivity contribution in [2.24, 2.45) is 0 Å². The van der Waals surface area contributed by atoms with Gasteiger partial charge in [0, 0.05) is 19.7 Å². The molecule has 2 aromatic rings. The first-order valence-corrected chi connectivity index (χ1v) is 6.82. The van der Waals surface area contributed by atoms with Crippen LogP contribution >= 0.6 is 0 Å². The Morgan fingerprint density at radius 2 is 1.87 bits per heavy atom. The van der Waals surface area contributed by atoms with Crippen LogP contribution in [0, 0.1) is 0 Å². The minimum Gasteiger partial charge on any atom is -0.394 e. The molecule has 0 aliphatic rings. The number of hydrogen-bond donors (Lipinski definition) is 1. The number of hydrogen-bond acceptors (Lipinski definition) is 3. The van der Waals surface area contributed by atoms with Gasteiger partial charge in [0.25, 0.3) is 5.91 Å². The fourth-order valence-corrected chi connectivity index (χ4v) is 2.09. The minimum atomic E-state index is -4.56. The normalized spacial score (nSPS) is 11.6. The SMILES string of the molecule is CN(C)C(=O)c1ccc(-c2cc(C(F)(F)F)nn2CCO)cc1. The molecule has 1 aromatic carbocycles. The molecule has 1 heterocycles. The molecule has 0 unspecified atom stereocenters.